The molecule has 0 aromatic heterocycles. The highest BCUT2D eigenvalue weighted by Gasteiger charge is 2.43. The molecule has 1 aliphatic rings. The number of carbonyl (C=O) groups is 1. The molecule has 3 nitrogen and oxygen atoms in total. The fraction of sp³-hybridized carbons (Fsp3) is 0.889. The molecule has 0 aromatic rings. The third-order valence-corrected chi connectivity index (χ3v) is 2.60. The van der Waals surface area contributed by atoms with Gasteiger partial charge in [-0.2, -0.15) is 0 Å². The average molecular weight is 206 g/mol. The van der Waals surface area contributed by atoms with Crippen LogP contribution in [0.1, 0.15) is 26.2 Å². The molecule has 1 fully saturated rings. The van der Waals surface area contributed by atoms with Crippen molar-refractivity contribution in [2.24, 2.45) is 11.7 Å². The van der Waals surface area contributed by atoms with Crippen molar-refractivity contribution in [1.29, 1.82) is 0 Å². The Hall–Kier alpha value is -0.710. The minimum Gasteiger partial charge on any atom is -0.354 e. The summed E-state index contributed by atoms with van der Waals surface area (Å²) in [4.78, 5) is 11.0. The second kappa shape index (κ2) is 4.21. The van der Waals surface area contributed by atoms with E-state index in [4.69, 9.17) is 5.73 Å². The van der Waals surface area contributed by atoms with Crippen molar-refractivity contribution in [3.8, 4) is 0 Å². The molecule has 1 rings (SSSR count). The molecular formula is C9H16F2N2O. The third-order valence-electron chi connectivity index (χ3n) is 2.60. The molecule has 0 spiro atoms. The molecule has 1 amide bonds. The van der Waals surface area contributed by atoms with E-state index < -0.39 is 17.9 Å². The van der Waals surface area contributed by atoms with Gasteiger partial charge in [-0.1, -0.05) is 0 Å². The van der Waals surface area contributed by atoms with E-state index in [9.17, 15) is 13.6 Å². The van der Waals surface area contributed by atoms with Crippen LogP contribution in [0, 0.1) is 5.92 Å². The van der Waals surface area contributed by atoms with Gasteiger partial charge in [0.05, 0.1) is 6.04 Å². The van der Waals surface area contributed by atoms with Crippen LogP contribution >= 0.6 is 0 Å². The van der Waals surface area contributed by atoms with Crippen LogP contribution in [0.25, 0.3) is 0 Å². The summed E-state index contributed by atoms with van der Waals surface area (Å²) >= 11 is 0. The highest BCUT2D eigenvalue weighted by Crippen LogP contribution is 2.39. The molecule has 82 valence electrons. The first kappa shape index (κ1) is 11.4. The van der Waals surface area contributed by atoms with Gasteiger partial charge in [-0.05, 0) is 19.8 Å². The molecule has 1 aliphatic carbocycles. The minimum atomic E-state index is -2.62. The fourth-order valence-electron chi connectivity index (χ4n) is 1.64. The number of nitrogens with one attached hydrogen (secondary N) is 1. The number of nitrogens with two attached hydrogens (primary N) is 1. The molecule has 2 atom stereocenters. The van der Waals surface area contributed by atoms with Crippen LogP contribution in [0.2, 0.25) is 0 Å². The summed E-state index contributed by atoms with van der Waals surface area (Å²) in [5.41, 5.74) is 5.29. The smallest absolute Gasteiger partial charge is 0.252 e. The first-order chi connectivity index (χ1) is 6.43. The van der Waals surface area contributed by atoms with Crippen molar-refractivity contribution in [2.45, 2.75) is 38.2 Å². The molecular weight excluding hydrogens is 190 g/mol. The van der Waals surface area contributed by atoms with E-state index >= 15 is 0 Å². The summed E-state index contributed by atoms with van der Waals surface area (Å²) in [7, 11) is 0. The van der Waals surface area contributed by atoms with Crippen LogP contribution in [-0.2, 0) is 4.79 Å². The first-order valence-corrected chi connectivity index (χ1v) is 4.84. The lowest BCUT2D eigenvalue weighted by Gasteiger charge is -2.19. The molecule has 0 saturated heterocycles. The summed E-state index contributed by atoms with van der Waals surface area (Å²) in [5, 5.41) is 2.44. The average Bonchev–Trinajstić information content (AvgIpc) is 2.40. The van der Waals surface area contributed by atoms with Crippen LogP contribution in [0.5, 0.6) is 0 Å². The SMILES string of the molecule is C[C@H](N)C(=O)NCC1CCCC1(F)F. The summed E-state index contributed by atoms with van der Waals surface area (Å²) < 4.78 is 26.2. The molecule has 1 unspecified atom stereocenters. The van der Waals surface area contributed by atoms with Crippen molar-refractivity contribution in [3.05, 3.63) is 0 Å². The van der Waals surface area contributed by atoms with Gasteiger partial charge in [0, 0.05) is 18.9 Å². The molecule has 0 radical (unpaired) electrons. The Morgan fingerprint density at radius 2 is 2.36 bits per heavy atom. The summed E-state index contributed by atoms with van der Waals surface area (Å²) in [6.07, 6.45) is 0.948. The lowest BCUT2D eigenvalue weighted by molar-refractivity contribution is -0.122. The normalized spacial score (nSPS) is 27.3. The Balaban J connectivity index is 2.35. The first-order valence-electron chi connectivity index (χ1n) is 4.84. The van der Waals surface area contributed by atoms with E-state index in [-0.39, 0.29) is 18.9 Å². The quantitative estimate of drug-likeness (QED) is 0.720. The Morgan fingerprint density at radius 1 is 1.71 bits per heavy atom. The number of halogens is 2. The molecule has 0 aromatic carbocycles. The van der Waals surface area contributed by atoms with Gasteiger partial charge in [0.25, 0.3) is 5.92 Å². The van der Waals surface area contributed by atoms with Crippen molar-refractivity contribution in [1.82, 2.24) is 5.32 Å². The zero-order valence-electron chi connectivity index (χ0n) is 8.22. The second-order valence-electron chi connectivity index (χ2n) is 3.88. The van der Waals surface area contributed by atoms with Crippen LogP contribution in [0.4, 0.5) is 8.78 Å². The summed E-state index contributed by atoms with van der Waals surface area (Å²) in [6.45, 7) is 1.56. The predicted octanol–water partition coefficient (Wildman–Crippen LogP) is 0.885. The number of hydrogen-bond acceptors (Lipinski definition) is 2. The summed E-state index contributed by atoms with van der Waals surface area (Å²) in [5.74, 6) is -3.71. The zero-order chi connectivity index (χ0) is 10.8. The number of rotatable bonds is 3. The van der Waals surface area contributed by atoms with Gasteiger partial charge < -0.3 is 11.1 Å². The number of amides is 1. The Kier molecular flexibility index (Phi) is 3.42. The van der Waals surface area contributed by atoms with Gasteiger partial charge in [-0.3, -0.25) is 4.79 Å². The fourth-order valence-corrected chi connectivity index (χ4v) is 1.64. The number of carbonyl (C=O) groups excluding carboxylic acids is 1. The maximum absolute atomic E-state index is 13.1. The second-order valence-corrected chi connectivity index (χ2v) is 3.88. The molecule has 0 heterocycles. The minimum absolute atomic E-state index is 0.0351. The van der Waals surface area contributed by atoms with E-state index in [2.05, 4.69) is 5.32 Å². The molecule has 0 aliphatic heterocycles. The lowest BCUT2D eigenvalue weighted by atomic mass is 10.1. The predicted molar refractivity (Wildman–Crippen MR) is 48.9 cm³/mol. The molecule has 3 N–H and O–H groups in total. The molecule has 5 heteroatoms. The molecule has 1 saturated carbocycles. The number of hydrogen-bond donors (Lipinski definition) is 2. The van der Waals surface area contributed by atoms with Crippen molar-refractivity contribution in [3.63, 3.8) is 0 Å². The van der Waals surface area contributed by atoms with Crippen molar-refractivity contribution in [2.75, 3.05) is 6.54 Å². The van der Waals surface area contributed by atoms with Gasteiger partial charge in [0.1, 0.15) is 0 Å². The van der Waals surface area contributed by atoms with Crippen molar-refractivity contribution < 1.29 is 13.6 Å². The zero-order valence-corrected chi connectivity index (χ0v) is 8.22. The maximum atomic E-state index is 13.1. The van der Waals surface area contributed by atoms with Crippen molar-refractivity contribution >= 4 is 5.91 Å². The van der Waals surface area contributed by atoms with Crippen LogP contribution in [0.15, 0.2) is 0 Å². The standard InChI is InChI=1S/C9H16F2N2O/c1-6(12)8(14)13-5-7-3-2-4-9(7,10)11/h6-7H,2-5,12H2,1H3,(H,13,14)/t6-,7?/m0/s1. The maximum Gasteiger partial charge on any atom is 0.252 e. The largest absolute Gasteiger partial charge is 0.354 e. The highest BCUT2D eigenvalue weighted by molar-refractivity contribution is 5.80. The Morgan fingerprint density at radius 3 is 2.79 bits per heavy atom. The van der Waals surface area contributed by atoms with Gasteiger partial charge in [0.15, 0.2) is 0 Å². The third kappa shape index (κ3) is 2.64. The van der Waals surface area contributed by atoms with Gasteiger partial charge >= 0.3 is 0 Å². The molecule has 0 bridgehead atoms. The summed E-state index contributed by atoms with van der Waals surface area (Å²) in [6, 6.07) is -0.634. The van der Waals surface area contributed by atoms with E-state index in [1.54, 1.807) is 0 Å². The molecule has 14 heavy (non-hydrogen) atoms. The lowest BCUT2D eigenvalue weighted by Crippen LogP contribution is -2.42. The van der Waals surface area contributed by atoms with E-state index in [1.165, 1.54) is 6.92 Å². The van der Waals surface area contributed by atoms with E-state index in [0.29, 0.717) is 12.8 Å². The van der Waals surface area contributed by atoms with E-state index in [0.717, 1.165) is 0 Å². The van der Waals surface area contributed by atoms with Crippen LogP contribution in [-0.4, -0.2) is 24.4 Å². The van der Waals surface area contributed by atoms with Gasteiger partial charge in [0.2, 0.25) is 5.91 Å². The van der Waals surface area contributed by atoms with Crippen LogP contribution in [0.3, 0.4) is 0 Å². The Labute approximate surface area is 82.0 Å². The monoisotopic (exact) mass is 206 g/mol. The van der Waals surface area contributed by atoms with E-state index in [1.807, 2.05) is 0 Å². The van der Waals surface area contributed by atoms with Gasteiger partial charge in [-0.25, -0.2) is 8.78 Å². The van der Waals surface area contributed by atoms with Gasteiger partial charge in [-0.15, -0.1) is 0 Å². The van der Waals surface area contributed by atoms with Crippen LogP contribution < -0.4 is 11.1 Å². The Bertz CT molecular complexity index is 219. The highest BCUT2D eigenvalue weighted by atomic mass is 19.3. The topological polar surface area (TPSA) is 55.1 Å². The number of alkyl halides is 2.